The van der Waals surface area contributed by atoms with Gasteiger partial charge in [0, 0.05) is 0 Å². The van der Waals surface area contributed by atoms with Crippen molar-refractivity contribution in [3.05, 3.63) is 29.8 Å². The molecular weight excluding hydrogens is 314 g/mol. The first-order valence-electron chi connectivity index (χ1n) is 6.64. The van der Waals surface area contributed by atoms with Crippen molar-refractivity contribution in [2.24, 2.45) is 5.73 Å². The molecule has 0 radical (unpaired) electrons. The number of hydrogen-bond acceptors (Lipinski definition) is 8. The van der Waals surface area contributed by atoms with E-state index >= 15 is 0 Å². The third-order valence-corrected chi connectivity index (χ3v) is 4.76. The Hall–Kier alpha value is -1.07. The van der Waals surface area contributed by atoms with E-state index in [0.29, 0.717) is 0 Å². The Balaban J connectivity index is 2.04. The van der Waals surface area contributed by atoms with Gasteiger partial charge in [-0.3, -0.25) is 4.18 Å². The average Bonchev–Trinajstić information content (AvgIpc) is 2.48. The second-order valence-electron chi connectivity index (χ2n) is 5.18. The predicted molar refractivity (Wildman–Crippen MR) is 75.2 cm³/mol. The zero-order chi connectivity index (χ0) is 16.5. The molecule has 5 atom stereocenters. The van der Waals surface area contributed by atoms with Crippen LogP contribution < -0.4 is 5.73 Å². The summed E-state index contributed by atoms with van der Waals surface area (Å²) in [5.41, 5.74) is 6.31. The Kier molecular flexibility index (Phi) is 5.17. The summed E-state index contributed by atoms with van der Waals surface area (Å²) in [6.07, 6.45) is -5.65. The van der Waals surface area contributed by atoms with Crippen LogP contribution in [0.25, 0.3) is 0 Å². The van der Waals surface area contributed by atoms with Crippen LogP contribution in [-0.4, -0.2) is 61.0 Å². The summed E-state index contributed by atoms with van der Waals surface area (Å²) in [6.45, 7) is 1.26. The van der Waals surface area contributed by atoms with Gasteiger partial charge in [-0.25, -0.2) is 0 Å². The maximum absolute atomic E-state index is 12.0. The zero-order valence-corrected chi connectivity index (χ0v) is 12.7. The first-order valence-corrected chi connectivity index (χ1v) is 8.04. The summed E-state index contributed by atoms with van der Waals surface area (Å²) in [5.74, 6) is 0. The van der Waals surface area contributed by atoms with E-state index in [9.17, 15) is 23.7 Å². The number of nitrogens with two attached hydrogens (primary N) is 1. The lowest BCUT2D eigenvalue weighted by Crippen LogP contribution is -2.62. The monoisotopic (exact) mass is 333 g/mol. The van der Waals surface area contributed by atoms with Crippen molar-refractivity contribution in [3.63, 3.8) is 0 Å². The topological polar surface area (TPSA) is 139 Å². The van der Waals surface area contributed by atoms with Gasteiger partial charge >= 0.3 is 0 Å². The summed E-state index contributed by atoms with van der Waals surface area (Å²) in [6, 6.07) is 4.84. The maximum atomic E-state index is 12.0. The van der Waals surface area contributed by atoms with E-state index in [0.717, 1.165) is 5.56 Å². The number of ether oxygens (including phenoxy) is 1. The van der Waals surface area contributed by atoms with E-state index in [-0.39, 0.29) is 4.90 Å². The van der Waals surface area contributed by atoms with Crippen LogP contribution in [0.5, 0.6) is 0 Å². The lowest BCUT2D eigenvalue weighted by atomic mass is 9.98. The van der Waals surface area contributed by atoms with Crippen LogP contribution in [-0.2, 0) is 19.0 Å². The number of aliphatic hydroxyl groups excluding tert-OH is 3. The SMILES string of the molecule is Cc1ccc(S(=O)(=O)OC[C@@H]2O[C@@H](O)[C@@H](N)[C@@H](O)[C@@H]2O)cc1. The number of rotatable bonds is 4. The third kappa shape index (κ3) is 3.63. The molecule has 1 aromatic carbocycles. The van der Waals surface area contributed by atoms with Gasteiger partial charge in [0.15, 0.2) is 6.29 Å². The second kappa shape index (κ2) is 6.59. The normalized spacial score (nSPS) is 32.9. The highest BCUT2D eigenvalue weighted by atomic mass is 32.2. The molecule has 0 bridgehead atoms. The molecule has 2 rings (SSSR count). The molecule has 0 unspecified atom stereocenters. The molecule has 0 aliphatic carbocycles. The Morgan fingerprint density at radius 3 is 2.36 bits per heavy atom. The van der Waals surface area contributed by atoms with Gasteiger partial charge in [0.2, 0.25) is 0 Å². The van der Waals surface area contributed by atoms with Crippen LogP contribution >= 0.6 is 0 Å². The van der Waals surface area contributed by atoms with Gasteiger partial charge in [-0.05, 0) is 19.1 Å². The van der Waals surface area contributed by atoms with E-state index in [1.165, 1.54) is 12.1 Å². The van der Waals surface area contributed by atoms with Crippen molar-refractivity contribution in [1.82, 2.24) is 0 Å². The Morgan fingerprint density at radius 2 is 1.77 bits per heavy atom. The fourth-order valence-electron chi connectivity index (χ4n) is 2.03. The predicted octanol–water partition coefficient (Wildman–Crippen LogP) is -1.53. The lowest BCUT2D eigenvalue weighted by molar-refractivity contribution is -0.246. The first-order chi connectivity index (χ1) is 10.2. The first kappa shape index (κ1) is 17.3. The van der Waals surface area contributed by atoms with Gasteiger partial charge in [-0.1, -0.05) is 17.7 Å². The van der Waals surface area contributed by atoms with Gasteiger partial charge in [0.1, 0.15) is 18.3 Å². The molecule has 1 heterocycles. The molecule has 0 aromatic heterocycles. The number of aliphatic hydroxyl groups is 3. The van der Waals surface area contributed by atoms with Crippen LogP contribution in [0.1, 0.15) is 5.56 Å². The molecule has 22 heavy (non-hydrogen) atoms. The van der Waals surface area contributed by atoms with E-state index < -0.39 is 47.4 Å². The summed E-state index contributed by atoms with van der Waals surface area (Å²) in [5, 5.41) is 28.9. The van der Waals surface area contributed by atoms with Gasteiger partial charge in [0.25, 0.3) is 10.1 Å². The Morgan fingerprint density at radius 1 is 1.18 bits per heavy atom. The van der Waals surface area contributed by atoms with E-state index in [1.54, 1.807) is 12.1 Å². The highest BCUT2D eigenvalue weighted by molar-refractivity contribution is 7.86. The van der Waals surface area contributed by atoms with Gasteiger partial charge in [0.05, 0.1) is 17.5 Å². The van der Waals surface area contributed by atoms with E-state index in [1.807, 2.05) is 6.92 Å². The highest BCUT2D eigenvalue weighted by Crippen LogP contribution is 2.21. The molecular formula is C13H19NO7S. The molecule has 1 saturated heterocycles. The minimum atomic E-state index is -4.03. The second-order valence-corrected chi connectivity index (χ2v) is 6.79. The quantitative estimate of drug-likeness (QED) is 0.487. The van der Waals surface area contributed by atoms with Crippen LogP contribution in [0.15, 0.2) is 29.2 Å². The molecule has 0 amide bonds. The number of benzene rings is 1. The summed E-state index contributed by atoms with van der Waals surface area (Å²) in [7, 11) is -4.03. The standard InChI is InChI=1S/C13H19NO7S/c1-7-2-4-8(5-3-7)22(18,19)20-6-9-11(15)12(16)10(14)13(17)21-9/h2-5,9-13,15-17H,6,14H2,1H3/t9-,10-,11+,12+,13+/m0/s1. The van der Waals surface area contributed by atoms with E-state index in [2.05, 4.69) is 0 Å². The van der Waals surface area contributed by atoms with Gasteiger partial charge in [-0.15, -0.1) is 0 Å². The fourth-order valence-corrected chi connectivity index (χ4v) is 2.95. The van der Waals surface area contributed by atoms with Crippen molar-refractivity contribution < 1.29 is 32.7 Å². The van der Waals surface area contributed by atoms with Crippen molar-refractivity contribution in [2.45, 2.75) is 42.5 Å². The maximum Gasteiger partial charge on any atom is 0.297 e. The largest absolute Gasteiger partial charge is 0.388 e. The fraction of sp³-hybridized carbons (Fsp3) is 0.538. The summed E-state index contributed by atoms with van der Waals surface area (Å²) in [4.78, 5) is -0.0406. The van der Waals surface area contributed by atoms with Crippen LogP contribution in [0.4, 0.5) is 0 Å². The van der Waals surface area contributed by atoms with Gasteiger partial charge in [-0.2, -0.15) is 8.42 Å². The van der Waals surface area contributed by atoms with Gasteiger partial charge < -0.3 is 25.8 Å². The van der Waals surface area contributed by atoms with Crippen molar-refractivity contribution in [3.8, 4) is 0 Å². The zero-order valence-electron chi connectivity index (χ0n) is 11.9. The van der Waals surface area contributed by atoms with Crippen LogP contribution in [0, 0.1) is 6.92 Å². The number of aryl methyl sites for hydroxylation is 1. The molecule has 8 nitrogen and oxygen atoms in total. The minimum absolute atomic E-state index is 0.0406. The molecule has 1 aromatic rings. The summed E-state index contributed by atoms with van der Waals surface area (Å²) >= 11 is 0. The Bertz CT molecular complexity index is 603. The van der Waals surface area contributed by atoms with Crippen molar-refractivity contribution in [1.29, 1.82) is 0 Å². The minimum Gasteiger partial charge on any atom is -0.388 e. The molecule has 1 aliphatic heterocycles. The molecule has 124 valence electrons. The smallest absolute Gasteiger partial charge is 0.297 e. The van der Waals surface area contributed by atoms with E-state index in [4.69, 9.17) is 14.7 Å². The summed E-state index contributed by atoms with van der Waals surface area (Å²) < 4.78 is 33.8. The average molecular weight is 333 g/mol. The number of hydrogen-bond donors (Lipinski definition) is 4. The Labute approximate surface area is 128 Å². The third-order valence-electron chi connectivity index (χ3n) is 3.47. The lowest BCUT2D eigenvalue weighted by Gasteiger charge is -2.38. The molecule has 0 spiro atoms. The van der Waals surface area contributed by atoms with Crippen molar-refractivity contribution >= 4 is 10.1 Å². The van der Waals surface area contributed by atoms with Crippen molar-refractivity contribution in [2.75, 3.05) is 6.61 Å². The molecule has 1 aliphatic rings. The highest BCUT2D eigenvalue weighted by Gasteiger charge is 2.42. The molecule has 0 saturated carbocycles. The van der Waals surface area contributed by atoms with Crippen LogP contribution in [0.2, 0.25) is 0 Å². The molecule has 9 heteroatoms. The molecule has 1 fully saturated rings. The van der Waals surface area contributed by atoms with Crippen LogP contribution in [0.3, 0.4) is 0 Å². The molecule has 5 N–H and O–H groups in total.